The van der Waals surface area contributed by atoms with E-state index in [0.717, 1.165) is 0 Å². The summed E-state index contributed by atoms with van der Waals surface area (Å²) < 4.78 is 12.3. The molecule has 0 spiro atoms. The summed E-state index contributed by atoms with van der Waals surface area (Å²) in [6, 6.07) is 1.55. The molecule has 1 fully saturated rings. The predicted molar refractivity (Wildman–Crippen MR) is 34.4 cm³/mol. The van der Waals surface area contributed by atoms with Crippen molar-refractivity contribution in [1.29, 1.82) is 5.26 Å². The molecule has 0 radical (unpaired) electrons. The van der Waals surface area contributed by atoms with E-state index < -0.39 is 18.1 Å². The molecule has 60 valence electrons. The minimum atomic E-state index is -1.75. The molecule has 1 aliphatic carbocycles. The van der Waals surface area contributed by atoms with E-state index in [9.17, 15) is 9.18 Å². The monoisotopic (exact) mass is 157 g/mol. The van der Waals surface area contributed by atoms with Crippen molar-refractivity contribution in [3.63, 3.8) is 0 Å². The van der Waals surface area contributed by atoms with Crippen LogP contribution < -0.4 is 0 Å². The second kappa shape index (κ2) is 2.50. The highest BCUT2D eigenvalue weighted by Gasteiger charge is 2.52. The van der Waals surface area contributed by atoms with E-state index >= 15 is 0 Å². The maximum absolute atomic E-state index is 12.3. The summed E-state index contributed by atoms with van der Waals surface area (Å²) in [6.45, 7) is -1.08. The van der Waals surface area contributed by atoms with Crippen molar-refractivity contribution in [3.8, 4) is 6.07 Å². The van der Waals surface area contributed by atoms with Crippen LogP contribution in [0.15, 0.2) is 0 Å². The van der Waals surface area contributed by atoms with Gasteiger partial charge in [-0.05, 0) is 18.8 Å². The molecule has 0 aliphatic heterocycles. The van der Waals surface area contributed by atoms with Gasteiger partial charge >= 0.3 is 5.97 Å². The van der Waals surface area contributed by atoms with Gasteiger partial charge in [0.2, 0.25) is 0 Å². The fraction of sp³-hybridized carbons (Fsp3) is 0.714. The van der Waals surface area contributed by atoms with Crippen LogP contribution in [0.4, 0.5) is 4.39 Å². The summed E-state index contributed by atoms with van der Waals surface area (Å²) >= 11 is 0. The fourth-order valence-electron chi connectivity index (χ4n) is 1.09. The lowest BCUT2D eigenvalue weighted by Crippen LogP contribution is -2.33. The molecule has 0 saturated heterocycles. The Morgan fingerprint density at radius 1 is 1.82 bits per heavy atom. The molecule has 1 N–H and O–H groups in total. The summed E-state index contributed by atoms with van der Waals surface area (Å²) in [7, 11) is 0. The Hall–Kier alpha value is -1.11. The minimum Gasteiger partial charge on any atom is -0.480 e. The molecule has 1 saturated carbocycles. The zero-order valence-electron chi connectivity index (χ0n) is 5.88. The maximum Gasteiger partial charge on any atom is 0.327 e. The molecule has 0 aromatic rings. The van der Waals surface area contributed by atoms with Gasteiger partial charge < -0.3 is 5.11 Å². The van der Waals surface area contributed by atoms with Gasteiger partial charge in [0.25, 0.3) is 0 Å². The number of halogens is 1. The van der Waals surface area contributed by atoms with E-state index in [2.05, 4.69) is 0 Å². The van der Waals surface area contributed by atoms with Crippen LogP contribution in [0.3, 0.4) is 0 Å². The van der Waals surface area contributed by atoms with Crippen LogP contribution in [0.5, 0.6) is 0 Å². The number of nitrogens with zero attached hydrogens (tertiary/aromatic N) is 1. The second-order valence-electron chi connectivity index (χ2n) is 2.80. The SMILES string of the molecule is N#CC(CF)(C(=O)O)C1CC1. The van der Waals surface area contributed by atoms with Crippen LogP contribution in [0.1, 0.15) is 12.8 Å². The Bertz CT molecular complexity index is 219. The Balaban J connectivity index is 2.85. The highest BCUT2D eigenvalue weighted by atomic mass is 19.1. The third kappa shape index (κ3) is 1.07. The van der Waals surface area contributed by atoms with Crippen LogP contribution in [0.2, 0.25) is 0 Å². The van der Waals surface area contributed by atoms with E-state index in [0.29, 0.717) is 12.8 Å². The average Bonchev–Trinajstić information content (AvgIpc) is 2.74. The Kier molecular flexibility index (Phi) is 1.81. The maximum atomic E-state index is 12.3. The number of alkyl halides is 1. The first kappa shape index (κ1) is 7.99. The zero-order chi connectivity index (χ0) is 8.48. The third-order valence-electron chi connectivity index (χ3n) is 2.07. The number of carbonyl (C=O) groups is 1. The van der Waals surface area contributed by atoms with Crippen molar-refractivity contribution in [2.45, 2.75) is 12.8 Å². The van der Waals surface area contributed by atoms with E-state index in [1.54, 1.807) is 6.07 Å². The average molecular weight is 157 g/mol. The lowest BCUT2D eigenvalue weighted by atomic mass is 9.86. The van der Waals surface area contributed by atoms with Crippen LogP contribution in [0.25, 0.3) is 0 Å². The molecule has 0 aromatic carbocycles. The lowest BCUT2D eigenvalue weighted by molar-refractivity contribution is -0.147. The first-order valence-corrected chi connectivity index (χ1v) is 3.38. The number of aliphatic carboxylic acids is 1. The van der Waals surface area contributed by atoms with Crippen molar-refractivity contribution in [2.24, 2.45) is 11.3 Å². The molecule has 3 nitrogen and oxygen atoms in total. The quantitative estimate of drug-likeness (QED) is 0.663. The Labute approximate surface area is 63.4 Å². The zero-order valence-corrected chi connectivity index (χ0v) is 5.88. The number of hydrogen-bond donors (Lipinski definition) is 1. The van der Waals surface area contributed by atoms with Crippen molar-refractivity contribution in [1.82, 2.24) is 0 Å². The third-order valence-corrected chi connectivity index (χ3v) is 2.07. The van der Waals surface area contributed by atoms with E-state index in [4.69, 9.17) is 10.4 Å². The number of nitriles is 1. The second-order valence-corrected chi connectivity index (χ2v) is 2.80. The molecular formula is C7H8FNO2. The van der Waals surface area contributed by atoms with E-state index in [1.807, 2.05) is 0 Å². The van der Waals surface area contributed by atoms with E-state index in [-0.39, 0.29) is 5.92 Å². The van der Waals surface area contributed by atoms with Crippen molar-refractivity contribution in [2.75, 3.05) is 6.67 Å². The summed E-state index contributed by atoms with van der Waals surface area (Å²) in [5.41, 5.74) is -1.75. The molecule has 0 aromatic heterocycles. The van der Waals surface area contributed by atoms with Crippen molar-refractivity contribution in [3.05, 3.63) is 0 Å². The molecule has 1 rings (SSSR count). The van der Waals surface area contributed by atoms with Crippen molar-refractivity contribution < 1.29 is 14.3 Å². The Morgan fingerprint density at radius 3 is 2.45 bits per heavy atom. The van der Waals surface area contributed by atoms with Gasteiger partial charge in [0.1, 0.15) is 6.67 Å². The van der Waals surface area contributed by atoms with Gasteiger partial charge in [-0.25, -0.2) is 4.39 Å². The molecule has 1 atom stereocenters. The number of rotatable bonds is 3. The smallest absolute Gasteiger partial charge is 0.327 e. The summed E-state index contributed by atoms with van der Waals surface area (Å²) in [5, 5.41) is 17.1. The highest BCUT2D eigenvalue weighted by molar-refractivity contribution is 5.79. The highest BCUT2D eigenvalue weighted by Crippen LogP contribution is 2.45. The van der Waals surface area contributed by atoms with Gasteiger partial charge in [0.05, 0.1) is 6.07 Å². The fourth-order valence-corrected chi connectivity index (χ4v) is 1.09. The molecule has 1 unspecified atom stereocenters. The first-order chi connectivity index (χ1) is 5.17. The van der Waals surface area contributed by atoms with Gasteiger partial charge in [0.15, 0.2) is 5.41 Å². The molecule has 0 bridgehead atoms. The summed E-state index contributed by atoms with van der Waals surface area (Å²) in [4.78, 5) is 10.5. The topological polar surface area (TPSA) is 61.1 Å². The van der Waals surface area contributed by atoms with Crippen LogP contribution in [-0.2, 0) is 4.79 Å². The molecular weight excluding hydrogens is 149 g/mol. The minimum absolute atomic E-state index is 0.269. The normalized spacial score (nSPS) is 21.8. The molecule has 0 amide bonds. The largest absolute Gasteiger partial charge is 0.480 e. The number of carboxylic acid groups (broad SMARTS) is 1. The number of carboxylic acids is 1. The summed E-state index contributed by atoms with van der Waals surface area (Å²) in [6.07, 6.45) is 1.31. The number of hydrogen-bond acceptors (Lipinski definition) is 2. The Morgan fingerprint density at radius 2 is 2.36 bits per heavy atom. The van der Waals surface area contributed by atoms with Gasteiger partial charge in [-0.15, -0.1) is 0 Å². The van der Waals surface area contributed by atoms with Gasteiger partial charge in [-0.2, -0.15) is 5.26 Å². The molecule has 4 heteroatoms. The molecule has 1 aliphatic rings. The summed E-state index contributed by atoms with van der Waals surface area (Å²) in [5.74, 6) is -1.60. The first-order valence-electron chi connectivity index (χ1n) is 3.38. The molecule has 0 heterocycles. The van der Waals surface area contributed by atoms with Crippen LogP contribution in [-0.4, -0.2) is 17.8 Å². The standard InChI is InChI=1S/C7H8FNO2/c8-3-7(4-9,6(10)11)5-1-2-5/h5H,1-3H2,(H,10,11). The van der Waals surface area contributed by atoms with E-state index in [1.165, 1.54) is 0 Å². The lowest BCUT2D eigenvalue weighted by Gasteiger charge is -2.15. The van der Waals surface area contributed by atoms with Crippen LogP contribution in [0, 0.1) is 22.7 Å². The van der Waals surface area contributed by atoms with Gasteiger partial charge in [-0.3, -0.25) is 4.79 Å². The van der Waals surface area contributed by atoms with Crippen molar-refractivity contribution >= 4 is 5.97 Å². The predicted octanol–water partition coefficient (Wildman–Crippen LogP) is 0.960. The van der Waals surface area contributed by atoms with Gasteiger partial charge in [-0.1, -0.05) is 0 Å². The molecule has 11 heavy (non-hydrogen) atoms. The van der Waals surface area contributed by atoms with Gasteiger partial charge in [0, 0.05) is 0 Å². The van der Waals surface area contributed by atoms with Crippen LogP contribution >= 0.6 is 0 Å².